The first-order chi connectivity index (χ1) is 5.45. The molecule has 0 heterocycles. The van der Waals surface area contributed by atoms with Crippen molar-refractivity contribution in [2.24, 2.45) is 5.73 Å². The molecule has 4 N–H and O–H groups in total. The Labute approximate surface area is 70.9 Å². The van der Waals surface area contributed by atoms with Crippen molar-refractivity contribution in [1.82, 2.24) is 5.32 Å². The first-order valence-corrected chi connectivity index (χ1v) is 4.98. The van der Waals surface area contributed by atoms with Crippen molar-refractivity contribution < 1.29 is 17.8 Å². The van der Waals surface area contributed by atoms with Crippen molar-refractivity contribution in [3.05, 3.63) is 0 Å². The second-order valence-electron chi connectivity index (χ2n) is 2.19. The molecule has 12 heavy (non-hydrogen) atoms. The number of hydrogen-bond donors (Lipinski definition) is 3. The summed E-state index contributed by atoms with van der Waals surface area (Å²) >= 11 is 0. The lowest BCUT2D eigenvalue weighted by molar-refractivity contribution is -0.119. The van der Waals surface area contributed by atoms with Crippen LogP contribution in [0.1, 0.15) is 6.42 Å². The summed E-state index contributed by atoms with van der Waals surface area (Å²) in [7, 11) is -3.91. The standard InChI is InChI=1S/C5H12N2O4S/c6-4-5(8)7-2-1-3-12(9,10)11/h1-4,6H2,(H,7,8)(H,9,10,11). The van der Waals surface area contributed by atoms with Crippen LogP contribution in [0.5, 0.6) is 0 Å². The summed E-state index contributed by atoms with van der Waals surface area (Å²) < 4.78 is 28.6. The number of nitrogens with one attached hydrogen (secondary N) is 1. The number of carbonyl (C=O) groups is 1. The van der Waals surface area contributed by atoms with Gasteiger partial charge in [-0.25, -0.2) is 0 Å². The Kier molecular flexibility index (Phi) is 4.79. The summed E-state index contributed by atoms with van der Waals surface area (Å²) in [4.78, 5) is 10.5. The van der Waals surface area contributed by atoms with Crippen LogP contribution < -0.4 is 11.1 Å². The van der Waals surface area contributed by atoms with Crippen molar-refractivity contribution in [3.63, 3.8) is 0 Å². The Balaban J connectivity index is 3.40. The molecule has 6 nitrogen and oxygen atoms in total. The van der Waals surface area contributed by atoms with Crippen LogP contribution in [0, 0.1) is 0 Å². The molecule has 0 aliphatic carbocycles. The van der Waals surface area contributed by atoms with E-state index in [-0.39, 0.29) is 31.2 Å². The highest BCUT2D eigenvalue weighted by Gasteiger charge is 2.03. The Morgan fingerprint density at radius 3 is 2.50 bits per heavy atom. The van der Waals surface area contributed by atoms with Gasteiger partial charge in [-0.3, -0.25) is 9.35 Å². The van der Waals surface area contributed by atoms with E-state index in [4.69, 9.17) is 10.3 Å². The zero-order valence-corrected chi connectivity index (χ0v) is 7.30. The maximum atomic E-state index is 10.5. The third kappa shape index (κ3) is 7.45. The number of amides is 1. The quantitative estimate of drug-likeness (QED) is 0.360. The molecule has 0 fully saturated rings. The average molecular weight is 196 g/mol. The lowest BCUT2D eigenvalue weighted by Gasteiger charge is -2.00. The fourth-order valence-electron chi connectivity index (χ4n) is 0.555. The summed E-state index contributed by atoms with van der Waals surface area (Å²) in [5.41, 5.74) is 4.96. The van der Waals surface area contributed by atoms with Gasteiger partial charge in [0, 0.05) is 6.54 Å². The van der Waals surface area contributed by atoms with Gasteiger partial charge in [-0.15, -0.1) is 0 Å². The van der Waals surface area contributed by atoms with Gasteiger partial charge in [0.1, 0.15) is 0 Å². The van der Waals surface area contributed by atoms with Crippen LogP contribution in [0.3, 0.4) is 0 Å². The summed E-state index contributed by atoms with van der Waals surface area (Å²) in [5, 5.41) is 2.37. The van der Waals surface area contributed by atoms with E-state index in [1.165, 1.54) is 0 Å². The predicted molar refractivity (Wildman–Crippen MR) is 43.1 cm³/mol. The molecule has 0 aromatic rings. The molecule has 0 aromatic heterocycles. The van der Waals surface area contributed by atoms with Crippen LogP contribution in [0.25, 0.3) is 0 Å². The summed E-state index contributed by atoms with van der Waals surface area (Å²) in [6.07, 6.45) is 0.185. The van der Waals surface area contributed by atoms with Gasteiger partial charge in [0.2, 0.25) is 5.91 Å². The molecule has 0 saturated carbocycles. The Hall–Kier alpha value is -0.660. The number of nitrogens with two attached hydrogens (primary N) is 1. The molecular weight excluding hydrogens is 184 g/mol. The van der Waals surface area contributed by atoms with Gasteiger partial charge in [0.25, 0.3) is 10.1 Å². The summed E-state index contributed by atoms with van der Waals surface area (Å²) in [5.74, 6) is -0.692. The fourth-order valence-corrected chi connectivity index (χ4v) is 1.06. The van der Waals surface area contributed by atoms with Crippen molar-refractivity contribution in [2.45, 2.75) is 6.42 Å². The van der Waals surface area contributed by atoms with Crippen molar-refractivity contribution in [1.29, 1.82) is 0 Å². The van der Waals surface area contributed by atoms with Crippen LogP contribution in [0.4, 0.5) is 0 Å². The molecule has 0 radical (unpaired) electrons. The normalized spacial score (nSPS) is 11.2. The maximum Gasteiger partial charge on any atom is 0.264 e. The molecule has 0 aliphatic heterocycles. The van der Waals surface area contributed by atoms with Gasteiger partial charge in [-0.1, -0.05) is 0 Å². The Bertz CT molecular complexity index is 236. The van der Waals surface area contributed by atoms with E-state index >= 15 is 0 Å². The highest BCUT2D eigenvalue weighted by molar-refractivity contribution is 7.85. The van der Waals surface area contributed by atoms with E-state index in [9.17, 15) is 13.2 Å². The topological polar surface area (TPSA) is 109 Å². The molecule has 0 aliphatic rings. The highest BCUT2D eigenvalue weighted by Crippen LogP contribution is 1.85. The lowest BCUT2D eigenvalue weighted by Crippen LogP contribution is -2.31. The van der Waals surface area contributed by atoms with E-state index < -0.39 is 10.1 Å². The molecule has 0 bridgehead atoms. The van der Waals surface area contributed by atoms with E-state index in [0.29, 0.717) is 0 Å². The van der Waals surface area contributed by atoms with Gasteiger partial charge in [-0.2, -0.15) is 8.42 Å². The molecule has 1 amide bonds. The summed E-state index contributed by atoms with van der Waals surface area (Å²) in [6.45, 7) is 0.0850. The first-order valence-electron chi connectivity index (χ1n) is 3.37. The van der Waals surface area contributed by atoms with Crippen LogP contribution in [-0.4, -0.2) is 37.7 Å². The van der Waals surface area contributed by atoms with E-state index in [1.54, 1.807) is 0 Å². The molecule has 0 spiro atoms. The number of hydrogen-bond acceptors (Lipinski definition) is 4. The lowest BCUT2D eigenvalue weighted by atomic mass is 10.4. The second-order valence-corrected chi connectivity index (χ2v) is 3.77. The molecule has 72 valence electrons. The summed E-state index contributed by atoms with van der Waals surface area (Å²) in [6, 6.07) is 0. The van der Waals surface area contributed by atoms with Gasteiger partial charge in [-0.05, 0) is 6.42 Å². The van der Waals surface area contributed by atoms with E-state index in [2.05, 4.69) is 5.32 Å². The Morgan fingerprint density at radius 2 is 2.08 bits per heavy atom. The zero-order chi connectivity index (χ0) is 9.61. The average Bonchev–Trinajstić information content (AvgIpc) is 1.96. The van der Waals surface area contributed by atoms with E-state index in [0.717, 1.165) is 0 Å². The highest BCUT2D eigenvalue weighted by atomic mass is 32.2. The predicted octanol–water partition coefficient (Wildman–Crippen LogP) is -1.66. The third-order valence-electron chi connectivity index (χ3n) is 1.09. The Morgan fingerprint density at radius 1 is 1.50 bits per heavy atom. The molecular formula is C5H12N2O4S. The number of carbonyl (C=O) groups excluding carboxylic acids is 1. The smallest absolute Gasteiger partial charge is 0.264 e. The molecule has 0 rings (SSSR count). The number of rotatable bonds is 5. The minimum Gasteiger partial charge on any atom is -0.355 e. The van der Waals surface area contributed by atoms with Crippen molar-refractivity contribution in [3.8, 4) is 0 Å². The third-order valence-corrected chi connectivity index (χ3v) is 1.89. The van der Waals surface area contributed by atoms with Gasteiger partial charge < -0.3 is 11.1 Å². The molecule has 7 heteroatoms. The van der Waals surface area contributed by atoms with Crippen LogP contribution in [0.2, 0.25) is 0 Å². The van der Waals surface area contributed by atoms with Gasteiger partial charge in [0.15, 0.2) is 0 Å². The monoisotopic (exact) mass is 196 g/mol. The van der Waals surface area contributed by atoms with Crippen LogP contribution in [-0.2, 0) is 14.9 Å². The van der Waals surface area contributed by atoms with E-state index in [1.807, 2.05) is 0 Å². The van der Waals surface area contributed by atoms with Crippen molar-refractivity contribution >= 4 is 16.0 Å². The zero-order valence-electron chi connectivity index (χ0n) is 6.49. The SMILES string of the molecule is NCC(=O)NCCCS(=O)(=O)O. The minimum atomic E-state index is -3.91. The minimum absolute atomic E-state index is 0.119. The van der Waals surface area contributed by atoms with Gasteiger partial charge >= 0.3 is 0 Å². The largest absolute Gasteiger partial charge is 0.355 e. The van der Waals surface area contributed by atoms with Crippen molar-refractivity contribution in [2.75, 3.05) is 18.8 Å². The van der Waals surface area contributed by atoms with Crippen LogP contribution >= 0.6 is 0 Å². The first kappa shape index (κ1) is 11.3. The molecule has 0 saturated heterocycles. The fraction of sp³-hybridized carbons (Fsp3) is 0.800. The second kappa shape index (κ2) is 5.07. The molecule has 0 atom stereocenters. The molecule has 0 aromatic carbocycles. The van der Waals surface area contributed by atoms with Gasteiger partial charge in [0.05, 0.1) is 12.3 Å². The van der Waals surface area contributed by atoms with Crippen LogP contribution in [0.15, 0.2) is 0 Å². The molecule has 0 unspecified atom stereocenters. The maximum absolute atomic E-state index is 10.5.